The first-order chi connectivity index (χ1) is 7.42. The van der Waals surface area contributed by atoms with Crippen LogP contribution in [0.15, 0.2) is 0 Å². The molecule has 3 nitrogen and oxygen atoms in total. The van der Waals surface area contributed by atoms with E-state index in [2.05, 4.69) is 0 Å². The van der Waals surface area contributed by atoms with Crippen LogP contribution in [0, 0.1) is 5.92 Å². The molecule has 1 atom stereocenters. The summed E-state index contributed by atoms with van der Waals surface area (Å²) in [5, 5.41) is 8.86. The predicted octanol–water partition coefficient (Wildman–Crippen LogP) is 1.12. The van der Waals surface area contributed by atoms with E-state index in [1.165, 1.54) is 4.90 Å². The molecule has 0 aromatic rings. The van der Waals surface area contributed by atoms with Crippen LogP contribution < -0.4 is 0 Å². The maximum absolute atomic E-state index is 11.8. The van der Waals surface area contributed by atoms with Gasteiger partial charge in [0, 0.05) is 25.6 Å². The smallest absolute Gasteiger partial charge is 0.396 e. The van der Waals surface area contributed by atoms with Gasteiger partial charge in [0.1, 0.15) is 0 Å². The molecule has 1 fully saturated rings. The second kappa shape index (κ2) is 5.77. The Morgan fingerprint density at radius 1 is 1.50 bits per heavy atom. The average Bonchev–Trinajstić information content (AvgIpc) is 2.63. The van der Waals surface area contributed by atoms with E-state index in [4.69, 9.17) is 5.11 Å². The van der Waals surface area contributed by atoms with Gasteiger partial charge in [0.15, 0.2) is 0 Å². The Labute approximate surface area is 96.0 Å². The standard InChI is InChI=1S/C9H14F3NO2S/c10-9(11,12)6-16-5-8(15)13-2-1-7(3-13)4-14/h7,14H,1-6H2. The van der Waals surface area contributed by atoms with Crippen molar-refractivity contribution in [3.05, 3.63) is 0 Å². The largest absolute Gasteiger partial charge is 0.397 e. The number of hydrogen-bond acceptors (Lipinski definition) is 3. The maximum Gasteiger partial charge on any atom is 0.397 e. The zero-order valence-corrected chi connectivity index (χ0v) is 9.48. The molecule has 1 aliphatic rings. The van der Waals surface area contributed by atoms with Crippen LogP contribution in [0.5, 0.6) is 0 Å². The van der Waals surface area contributed by atoms with Crippen molar-refractivity contribution in [2.45, 2.75) is 12.6 Å². The fraction of sp³-hybridized carbons (Fsp3) is 0.889. The summed E-state index contributed by atoms with van der Waals surface area (Å²) in [6.45, 7) is 1.03. The number of likely N-dealkylation sites (tertiary alicyclic amines) is 1. The molecule has 0 aromatic heterocycles. The summed E-state index contributed by atoms with van der Waals surface area (Å²) >= 11 is 0.585. The summed E-state index contributed by atoms with van der Waals surface area (Å²) in [4.78, 5) is 13.0. The summed E-state index contributed by atoms with van der Waals surface area (Å²) in [5.41, 5.74) is 0. The van der Waals surface area contributed by atoms with Gasteiger partial charge in [0.25, 0.3) is 0 Å². The van der Waals surface area contributed by atoms with Crippen molar-refractivity contribution in [2.24, 2.45) is 5.92 Å². The van der Waals surface area contributed by atoms with Crippen LogP contribution in [0.1, 0.15) is 6.42 Å². The first-order valence-electron chi connectivity index (χ1n) is 4.95. The minimum Gasteiger partial charge on any atom is -0.396 e. The van der Waals surface area contributed by atoms with Gasteiger partial charge in [-0.1, -0.05) is 0 Å². The molecule has 0 spiro atoms. The molecule has 7 heteroatoms. The highest BCUT2D eigenvalue weighted by Gasteiger charge is 2.29. The predicted molar refractivity (Wildman–Crippen MR) is 55.2 cm³/mol. The second-order valence-corrected chi connectivity index (χ2v) is 4.77. The molecule has 1 heterocycles. The molecule has 1 unspecified atom stereocenters. The Kier molecular flexibility index (Phi) is 4.91. The molecular weight excluding hydrogens is 243 g/mol. The van der Waals surface area contributed by atoms with Crippen molar-refractivity contribution in [2.75, 3.05) is 31.2 Å². The molecule has 1 N–H and O–H groups in total. The van der Waals surface area contributed by atoms with E-state index >= 15 is 0 Å². The minimum atomic E-state index is -4.22. The molecule has 0 aromatic carbocycles. The lowest BCUT2D eigenvalue weighted by Crippen LogP contribution is -2.31. The number of halogens is 3. The van der Waals surface area contributed by atoms with Crippen molar-refractivity contribution >= 4 is 17.7 Å². The molecule has 1 amide bonds. The van der Waals surface area contributed by atoms with Crippen LogP contribution in [-0.2, 0) is 4.79 Å². The van der Waals surface area contributed by atoms with E-state index in [0.29, 0.717) is 24.9 Å². The molecular formula is C9H14F3NO2S. The highest BCUT2D eigenvalue weighted by atomic mass is 32.2. The van der Waals surface area contributed by atoms with Crippen molar-refractivity contribution in [1.29, 1.82) is 0 Å². The molecule has 1 rings (SSSR count). The third-order valence-electron chi connectivity index (χ3n) is 2.39. The maximum atomic E-state index is 11.8. The fourth-order valence-corrected chi connectivity index (χ4v) is 2.24. The van der Waals surface area contributed by atoms with Crippen LogP contribution in [-0.4, -0.2) is 53.3 Å². The fourth-order valence-electron chi connectivity index (χ4n) is 1.55. The van der Waals surface area contributed by atoms with Crippen LogP contribution >= 0.6 is 11.8 Å². The molecule has 94 valence electrons. The van der Waals surface area contributed by atoms with Crippen LogP contribution in [0.2, 0.25) is 0 Å². The Balaban J connectivity index is 2.21. The van der Waals surface area contributed by atoms with Crippen LogP contribution in [0.4, 0.5) is 13.2 Å². The number of carbonyl (C=O) groups is 1. The number of amides is 1. The number of nitrogens with zero attached hydrogens (tertiary/aromatic N) is 1. The van der Waals surface area contributed by atoms with Gasteiger partial charge >= 0.3 is 6.18 Å². The van der Waals surface area contributed by atoms with E-state index in [1.54, 1.807) is 0 Å². The number of alkyl halides is 3. The SMILES string of the molecule is O=C(CSCC(F)(F)F)N1CCC(CO)C1. The lowest BCUT2D eigenvalue weighted by molar-refractivity contribution is -0.127. The Hall–Kier alpha value is -0.430. The number of carbonyl (C=O) groups excluding carboxylic acids is 1. The summed E-state index contributed by atoms with van der Waals surface area (Å²) in [7, 11) is 0. The van der Waals surface area contributed by atoms with Crippen LogP contribution in [0.25, 0.3) is 0 Å². The Morgan fingerprint density at radius 3 is 2.69 bits per heavy atom. The monoisotopic (exact) mass is 257 g/mol. The summed E-state index contributed by atoms with van der Waals surface area (Å²) in [5.74, 6) is -1.32. The van der Waals surface area contributed by atoms with E-state index in [1.807, 2.05) is 0 Å². The molecule has 1 saturated heterocycles. The Morgan fingerprint density at radius 2 is 2.19 bits per heavy atom. The summed E-state index contributed by atoms with van der Waals surface area (Å²) < 4.78 is 35.5. The number of hydrogen-bond donors (Lipinski definition) is 1. The zero-order chi connectivity index (χ0) is 12.2. The van der Waals surface area contributed by atoms with Gasteiger partial charge in [0.2, 0.25) is 5.91 Å². The summed E-state index contributed by atoms with van der Waals surface area (Å²) in [6.07, 6.45) is -3.49. The Bertz CT molecular complexity index is 247. The van der Waals surface area contributed by atoms with Gasteiger partial charge in [-0.25, -0.2) is 0 Å². The molecule has 16 heavy (non-hydrogen) atoms. The second-order valence-electron chi connectivity index (χ2n) is 3.79. The average molecular weight is 257 g/mol. The van der Waals surface area contributed by atoms with E-state index in [9.17, 15) is 18.0 Å². The van der Waals surface area contributed by atoms with E-state index in [-0.39, 0.29) is 24.2 Å². The van der Waals surface area contributed by atoms with Gasteiger partial charge < -0.3 is 10.0 Å². The quantitative estimate of drug-likeness (QED) is 0.820. The number of aliphatic hydroxyl groups excluding tert-OH is 1. The topological polar surface area (TPSA) is 40.5 Å². The van der Waals surface area contributed by atoms with Crippen molar-refractivity contribution in [3.8, 4) is 0 Å². The lowest BCUT2D eigenvalue weighted by Gasteiger charge is -2.16. The van der Waals surface area contributed by atoms with Crippen LogP contribution in [0.3, 0.4) is 0 Å². The van der Waals surface area contributed by atoms with Crippen molar-refractivity contribution < 1.29 is 23.1 Å². The molecule has 0 saturated carbocycles. The van der Waals surface area contributed by atoms with Crippen molar-refractivity contribution in [3.63, 3.8) is 0 Å². The van der Waals surface area contributed by atoms with E-state index < -0.39 is 11.9 Å². The number of thioether (sulfide) groups is 1. The third-order valence-corrected chi connectivity index (χ3v) is 3.37. The van der Waals surface area contributed by atoms with Gasteiger partial charge in [-0.3, -0.25) is 4.79 Å². The van der Waals surface area contributed by atoms with E-state index in [0.717, 1.165) is 6.42 Å². The highest BCUT2D eigenvalue weighted by molar-refractivity contribution is 8.00. The molecule has 1 aliphatic heterocycles. The van der Waals surface area contributed by atoms with Gasteiger partial charge in [-0.2, -0.15) is 13.2 Å². The third kappa shape index (κ3) is 4.61. The number of aliphatic hydroxyl groups is 1. The lowest BCUT2D eigenvalue weighted by atomic mass is 10.1. The van der Waals surface area contributed by atoms with Gasteiger partial charge in [-0.15, -0.1) is 11.8 Å². The van der Waals surface area contributed by atoms with Crippen molar-refractivity contribution in [1.82, 2.24) is 4.90 Å². The molecule has 0 radical (unpaired) electrons. The highest BCUT2D eigenvalue weighted by Crippen LogP contribution is 2.22. The zero-order valence-electron chi connectivity index (χ0n) is 8.66. The summed E-state index contributed by atoms with van der Waals surface area (Å²) in [6, 6.07) is 0. The first kappa shape index (κ1) is 13.6. The number of rotatable bonds is 4. The first-order valence-corrected chi connectivity index (χ1v) is 6.11. The molecule has 0 bridgehead atoms. The normalized spacial score (nSPS) is 21.5. The van der Waals surface area contributed by atoms with Gasteiger partial charge in [0.05, 0.1) is 11.5 Å². The van der Waals surface area contributed by atoms with Gasteiger partial charge in [-0.05, 0) is 6.42 Å². The molecule has 0 aliphatic carbocycles. The minimum absolute atomic E-state index is 0.0273.